The zero-order chi connectivity index (χ0) is 13.2. The Kier molecular flexibility index (Phi) is 3.27. The van der Waals surface area contributed by atoms with Crippen LogP contribution in [-0.2, 0) is 11.3 Å². The first-order chi connectivity index (χ1) is 9.31. The summed E-state index contributed by atoms with van der Waals surface area (Å²) >= 11 is 0. The number of aliphatic hydroxyl groups is 1. The number of aliphatic hydroxyl groups excluding tert-OH is 1. The second-order valence-electron chi connectivity index (χ2n) is 4.44. The Morgan fingerprint density at radius 1 is 1.42 bits per heavy atom. The van der Waals surface area contributed by atoms with Crippen LogP contribution in [0.3, 0.4) is 0 Å². The van der Waals surface area contributed by atoms with Gasteiger partial charge in [0.05, 0.1) is 12.3 Å². The third kappa shape index (κ3) is 2.13. The number of nitrogens with zero attached hydrogens (tertiary/aromatic N) is 3. The molecule has 1 aromatic heterocycles. The minimum atomic E-state index is -0.379. The van der Waals surface area contributed by atoms with E-state index in [1.54, 1.807) is 18.2 Å². The van der Waals surface area contributed by atoms with E-state index in [1.165, 1.54) is 10.7 Å². The van der Waals surface area contributed by atoms with Crippen LogP contribution in [0.2, 0.25) is 0 Å². The van der Waals surface area contributed by atoms with Crippen molar-refractivity contribution in [3.63, 3.8) is 0 Å². The number of ether oxygens (including phenoxy) is 1. The Labute approximate surface area is 109 Å². The summed E-state index contributed by atoms with van der Waals surface area (Å²) in [6, 6.07) is 6.35. The van der Waals surface area contributed by atoms with Gasteiger partial charge in [-0.15, -0.1) is 5.10 Å². The minimum absolute atomic E-state index is 0.184. The molecule has 0 aliphatic carbocycles. The molecule has 100 valence electrons. The molecule has 2 heterocycles. The Balaban J connectivity index is 2.11. The average Bonchev–Trinajstić information content (AvgIpc) is 3.07. The van der Waals surface area contributed by atoms with Gasteiger partial charge in [-0.2, -0.15) is 0 Å². The highest BCUT2D eigenvalue weighted by Gasteiger charge is 2.27. The number of para-hydroxylation sites is 1. The first-order valence-corrected chi connectivity index (χ1v) is 6.23. The lowest BCUT2D eigenvalue weighted by atomic mass is 10.1. The van der Waals surface area contributed by atoms with Crippen molar-refractivity contribution in [1.82, 2.24) is 15.0 Å². The molecule has 2 aromatic rings. The van der Waals surface area contributed by atoms with Crippen LogP contribution >= 0.6 is 0 Å². The highest BCUT2D eigenvalue weighted by atomic mass is 19.1. The Morgan fingerprint density at radius 3 is 2.95 bits per heavy atom. The summed E-state index contributed by atoms with van der Waals surface area (Å²) in [5.41, 5.74) is 1.40. The lowest BCUT2D eigenvalue weighted by Crippen LogP contribution is -2.10. The van der Waals surface area contributed by atoms with Gasteiger partial charge in [-0.05, 0) is 25.0 Å². The van der Waals surface area contributed by atoms with Crippen molar-refractivity contribution < 1.29 is 14.2 Å². The zero-order valence-corrected chi connectivity index (χ0v) is 10.3. The first-order valence-electron chi connectivity index (χ1n) is 6.23. The first kappa shape index (κ1) is 12.3. The SMILES string of the molecule is OCc1nnn(-c2ccccc2F)c1C1CCCO1. The standard InChI is InChI=1S/C13H14FN3O2/c14-9-4-1-2-5-11(9)17-13(10(8-18)15-16-17)12-6-3-7-19-12/h1-2,4-5,12,18H,3,6-8H2. The summed E-state index contributed by atoms with van der Waals surface area (Å²) in [7, 11) is 0. The normalized spacial score (nSPS) is 18.9. The van der Waals surface area contributed by atoms with Gasteiger partial charge in [0.1, 0.15) is 23.3 Å². The smallest absolute Gasteiger partial charge is 0.148 e. The molecule has 0 radical (unpaired) electrons. The number of benzene rings is 1. The van der Waals surface area contributed by atoms with Crippen LogP contribution < -0.4 is 0 Å². The fraction of sp³-hybridized carbons (Fsp3) is 0.385. The molecule has 1 aliphatic rings. The zero-order valence-electron chi connectivity index (χ0n) is 10.3. The van der Waals surface area contributed by atoms with Crippen molar-refractivity contribution in [2.45, 2.75) is 25.6 Å². The lowest BCUT2D eigenvalue weighted by molar-refractivity contribution is 0.104. The predicted molar refractivity (Wildman–Crippen MR) is 65.2 cm³/mol. The molecule has 1 fully saturated rings. The van der Waals surface area contributed by atoms with Crippen LogP contribution in [0.15, 0.2) is 24.3 Å². The summed E-state index contributed by atoms with van der Waals surface area (Å²) in [5.74, 6) is -0.379. The maximum atomic E-state index is 13.9. The van der Waals surface area contributed by atoms with Crippen molar-refractivity contribution in [2.75, 3.05) is 6.61 Å². The van der Waals surface area contributed by atoms with Gasteiger partial charge in [-0.3, -0.25) is 0 Å². The molecular formula is C13H14FN3O2. The topological polar surface area (TPSA) is 60.2 Å². The molecular weight excluding hydrogens is 249 g/mol. The summed E-state index contributed by atoms with van der Waals surface area (Å²) < 4.78 is 20.9. The van der Waals surface area contributed by atoms with E-state index < -0.39 is 0 Å². The van der Waals surface area contributed by atoms with E-state index in [2.05, 4.69) is 10.3 Å². The Morgan fingerprint density at radius 2 is 2.26 bits per heavy atom. The van der Waals surface area contributed by atoms with Gasteiger partial charge in [0.25, 0.3) is 0 Å². The number of halogens is 1. The van der Waals surface area contributed by atoms with Crippen molar-refractivity contribution in [3.05, 3.63) is 41.5 Å². The molecule has 0 bridgehead atoms. The third-order valence-electron chi connectivity index (χ3n) is 3.24. The van der Waals surface area contributed by atoms with E-state index in [0.717, 1.165) is 12.8 Å². The van der Waals surface area contributed by atoms with Gasteiger partial charge in [0.2, 0.25) is 0 Å². The lowest BCUT2D eigenvalue weighted by Gasteiger charge is -2.13. The fourth-order valence-corrected chi connectivity index (χ4v) is 2.35. The second kappa shape index (κ2) is 5.07. The molecule has 1 unspecified atom stereocenters. The van der Waals surface area contributed by atoms with E-state index in [0.29, 0.717) is 23.7 Å². The fourth-order valence-electron chi connectivity index (χ4n) is 2.35. The number of aromatic nitrogens is 3. The van der Waals surface area contributed by atoms with Gasteiger partial charge in [-0.1, -0.05) is 17.3 Å². The Bertz CT molecular complexity index is 579. The van der Waals surface area contributed by atoms with Crippen molar-refractivity contribution >= 4 is 0 Å². The van der Waals surface area contributed by atoms with Gasteiger partial charge < -0.3 is 9.84 Å². The average molecular weight is 263 g/mol. The molecule has 0 spiro atoms. The Hall–Kier alpha value is -1.79. The predicted octanol–water partition coefficient (Wildman–Crippen LogP) is 1.75. The van der Waals surface area contributed by atoms with Gasteiger partial charge in [-0.25, -0.2) is 9.07 Å². The van der Waals surface area contributed by atoms with E-state index in [9.17, 15) is 9.50 Å². The van der Waals surface area contributed by atoms with E-state index >= 15 is 0 Å². The molecule has 1 aromatic carbocycles. The second-order valence-corrected chi connectivity index (χ2v) is 4.44. The van der Waals surface area contributed by atoms with Crippen molar-refractivity contribution in [1.29, 1.82) is 0 Å². The third-order valence-corrected chi connectivity index (χ3v) is 3.24. The number of rotatable bonds is 3. The molecule has 3 rings (SSSR count). The van der Waals surface area contributed by atoms with Gasteiger partial charge in [0.15, 0.2) is 0 Å². The van der Waals surface area contributed by atoms with Gasteiger partial charge in [0, 0.05) is 6.61 Å². The quantitative estimate of drug-likeness (QED) is 0.916. The maximum absolute atomic E-state index is 13.9. The molecule has 19 heavy (non-hydrogen) atoms. The number of hydrogen-bond donors (Lipinski definition) is 1. The van der Waals surface area contributed by atoms with Crippen LogP contribution in [0, 0.1) is 5.82 Å². The summed E-state index contributed by atoms with van der Waals surface area (Å²) in [6.45, 7) is 0.432. The highest BCUT2D eigenvalue weighted by Crippen LogP contribution is 2.31. The van der Waals surface area contributed by atoms with E-state index in [-0.39, 0.29) is 18.5 Å². The van der Waals surface area contributed by atoms with Crippen LogP contribution in [0.25, 0.3) is 5.69 Å². The summed E-state index contributed by atoms with van der Waals surface area (Å²) in [5, 5.41) is 17.2. The largest absolute Gasteiger partial charge is 0.390 e. The minimum Gasteiger partial charge on any atom is -0.390 e. The molecule has 6 heteroatoms. The number of hydrogen-bond acceptors (Lipinski definition) is 4. The molecule has 1 N–H and O–H groups in total. The van der Waals surface area contributed by atoms with Crippen LogP contribution in [-0.4, -0.2) is 26.7 Å². The molecule has 1 atom stereocenters. The molecule has 0 saturated carbocycles. The van der Waals surface area contributed by atoms with E-state index in [1.807, 2.05) is 0 Å². The van der Waals surface area contributed by atoms with Crippen LogP contribution in [0.4, 0.5) is 4.39 Å². The van der Waals surface area contributed by atoms with Crippen molar-refractivity contribution in [2.24, 2.45) is 0 Å². The van der Waals surface area contributed by atoms with Gasteiger partial charge >= 0.3 is 0 Å². The summed E-state index contributed by atoms with van der Waals surface area (Å²) in [4.78, 5) is 0. The molecule has 5 nitrogen and oxygen atoms in total. The molecule has 1 saturated heterocycles. The summed E-state index contributed by atoms with van der Waals surface area (Å²) in [6.07, 6.45) is 1.59. The van der Waals surface area contributed by atoms with E-state index in [4.69, 9.17) is 4.74 Å². The highest BCUT2D eigenvalue weighted by molar-refractivity contribution is 5.35. The van der Waals surface area contributed by atoms with Crippen LogP contribution in [0.1, 0.15) is 30.3 Å². The maximum Gasteiger partial charge on any atom is 0.148 e. The molecule has 1 aliphatic heterocycles. The monoisotopic (exact) mass is 263 g/mol. The van der Waals surface area contributed by atoms with Crippen molar-refractivity contribution in [3.8, 4) is 5.69 Å². The molecule has 0 amide bonds. The van der Waals surface area contributed by atoms with Crippen LogP contribution in [0.5, 0.6) is 0 Å².